The molecular formula is C21H30N9O5P. The van der Waals surface area contributed by atoms with Crippen molar-refractivity contribution >= 4 is 36.3 Å². The van der Waals surface area contributed by atoms with Gasteiger partial charge in [0.25, 0.3) is 13.4 Å². The van der Waals surface area contributed by atoms with Crippen LogP contribution in [0.2, 0.25) is 0 Å². The molecule has 3 heterocycles. The number of aromatic nitrogens is 6. The van der Waals surface area contributed by atoms with Crippen LogP contribution in [0.4, 0.5) is 5.82 Å². The van der Waals surface area contributed by atoms with E-state index in [4.69, 9.17) is 15.2 Å². The van der Waals surface area contributed by atoms with Crippen molar-refractivity contribution in [1.82, 2.24) is 39.7 Å². The first kappa shape index (κ1) is 27.1. The zero-order valence-electron chi connectivity index (χ0n) is 20.7. The Labute approximate surface area is 207 Å². The van der Waals surface area contributed by atoms with Crippen molar-refractivity contribution in [1.29, 1.82) is 0 Å². The Hall–Kier alpha value is -3.48. The van der Waals surface area contributed by atoms with Gasteiger partial charge in [-0.25, -0.2) is 25.0 Å². The van der Waals surface area contributed by atoms with E-state index >= 15 is 0 Å². The van der Waals surface area contributed by atoms with Gasteiger partial charge < -0.3 is 19.8 Å². The number of fused-ring (bicyclic) bond motifs is 1. The highest BCUT2D eigenvalue weighted by Crippen LogP contribution is 2.40. The van der Waals surface area contributed by atoms with E-state index in [0.717, 1.165) is 0 Å². The zero-order valence-corrected chi connectivity index (χ0v) is 21.6. The van der Waals surface area contributed by atoms with Crippen LogP contribution in [-0.4, -0.2) is 65.5 Å². The molecule has 36 heavy (non-hydrogen) atoms. The lowest BCUT2D eigenvalue weighted by molar-refractivity contribution is -0.153. The highest BCUT2D eigenvalue weighted by molar-refractivity contribution is 7.60. The standard InChI is InChI=1S/C21H30N9O5P/c1-13(2)35-20(32)21(4,5)29-36(33,28-19(31)15-8-23-6-7-24-15)12-34-14(3)9-30-11-27-16-17(22)25-10-26-18(16)30/h6-8,10-11,13-14H,9,12H2,1-5H3,(H2,22,25,26)(H2,28,29,31,33)/t14-,36?/m0/s1. The molecule has 3 aromatic rings. The Morgan fingerprint density at radius 2 is 1.92 bits per heavy atom. The number of hydrogen-bond donors (Lipinski definition) is 3. The normalized spacial score (nSPS) is 14.4. The highest BCUT2D eigenvalue weighted by atomic mass is 31.2. The number of ether oxygens (including phenoxy) is 2. The number of anilines is 1. The molecule has 0 saturated heterocycles. The van der Waals surface area contributed by atoms with Gasteiger partial charge in [0, 0.05) is 12.4 Å². The van der Waals surface area contributed by atoms with E-state index < -0.39 is 37.3 Å². The van der Waals surface area contributed by atoms with Crippen molar-refractivity contribution in [3.8, 4) is 0 Å². The van der Waals surface area contributed by atoms with Gasteiger partial charge in [-0.2, -0.15) is 0 Å². The van der Waals surface area contributed by atoms with Crippen molar-refractivity contribution in [2.45, 2.75) is 58.9 Å². The second kappa shape index (κ2) is 11.1. The largest absolute Gasteiger partial charge is 0.462 e. The Morgan fingerprint density at radius 3 is 2.58 bits per heavy atom. The summed E-state index contributed by atoms with van der Waals surface area (Å²) in [5.74, 6) is -1.12. The molecule has 1 unspecified atom stereocenters. The summed E-state index contributed by atoms with van der Waals surface area (Å²) in [5.41, 5.74) is 5.36. The van der Waals surface area contributed by atoms with E-state index in [9.17, 15) is 14.2 Å². The SMILES string of the molecule is CC(C)OC(=O)C(C)(C)NP(=O)(CO[C@@H](C)Cn1cnc2c(N)ncnc21)NC(=O)c1cnccn1. The number of hydrogen-bond acceptors (Lipinski definition) is 11. The van der Waals surface area contributed by atoms with Crippen LogP contribution < -0.4 is 15.9 Å². The lowest BCUT2D eigenvalue weighted by atomic mass is 10.1. The predicted molar refractivity (Wildman–Crippen MR) is 131 cm³/mol. The highest BCUT2D eigenvalue weighted by Gasteiger charge is 2.39. The molecule has 0 fully saturated rings. The van der Waals surface area contributed by atoms with Gasteiger partial charge in [-0.1, -0.05) is 0 Å². The number of carbonyl (C=O) groups excluding carboxylic acids is 2. The molecule has 0 aliphatic rings. The van der Waals surface area contributed by atoms with Gasteiger partial charge in [-0.3, -0.25) is 24.2 Å². The molecule has 0 aliphatic carbocycles. The third kappa shape index (κ3) is 6.80. The van der Waals surface area contributed by atoms with Crippen molar-refractivity contribution in [2.75, 3.05) is 12.1 Å². The maximum atomic E-state index is 13.9. The van der Waals surface area contributed by atoms with Gasteiger partial charge >= 0.3 is 5.97 Å². The van der Waals surface area contributed by atoms with Gasteiger partial charge in [0.15, 0.2) is 11.5 Å². The first-order valence-corrected chi connectivity index (χ1v) is 13.0. The fraction of sp³-hybridized carbons (Fsp3) is 0.476. The van der Waals surface area contributed by atoms with E-state index in [1.165, 1.54) is 38.8 Å². The van der Waals surface area contributed by atoms with Crippen LogP contribution in [0.5, 0.6) is 0 Å². The van der Waals surface area contributed by atoms with Crippen molar-refractivity contribution in [3.05, 3.63) is 36.9 Å². The number of rotatable bonds is 11. The van der Waals surface area contributed by atoms with E-state index in [1.54, 1.807) is 31.7 Å². The minimum absolute atomic E-state index is 0.0442. The van der Waals surface area contributed by atoms with Crippen molar-refractivity contribution in [3.63, 3.8) is 0 Å². The van der Waals surface area contributed by atoms with Crippen LogP contribution in [0.1, 0.15) is 45.1 Å². The fourth-order valence-corrected chi connectivity index (χ4v) is 5.27. The number of amides is 1. The maximum absolute atomic E-state index is 13.9. The molecule has 0 radical (unpaired) electrons. The monoisotopic (exact) mass is 519 g/mol. The first-order chi connectivity index (χ1) is 16.9. The van der Waals surface area contributed by atoms with Gasteiger partial charge in [0.1, 0.15) is 29.4 Å². The maximum Gasteiger partial charge on any atom is 0.326 e. The molecule has 194 valence electrons. The number of nitrogens with two attached hydrogens (primary N) is 1. The van der Waals surface area contributed by atoms with Crippen molar-refractivity contribution in [2.24, 2.45) is 0 Å². The van der Waals surface area contributed by atoms with Gasteiger partial charge in [-0.05, 0) is 34.6 Å². The average molecular weight is 520 g/mol. The van der Waals surface area contributed by atoms with Crippen LogP contribution in [0.3, 0.4) is 0 Å². The molecule has 15 heteroatoms. The molecule has 0 bridgehead atoms. The van der Waals surface area contributed by atoms with Gasteiger partial charge in [0.2, 0.25) is 0 Å². The summed E-state index contributed by atoms with van der Waals surface area (Å²) >= 11 is 0. The molecule has 4 N–H and O–H groups in total. The molecular weight excluding hydrogens is 489 g/mol. The lowest BCUT2D eigenvalue weighted by Crippen LogP contribution is -2.49. The summed E-state index contributed by atoms with van der Waals surface area (Å²) < 4.78 is 26.7. The van der Waals surface area contributed by atoms with Crippen LogP contribution >= 0.6 is 7.44 Å². The van der Waals surface area contributed by atoms with E-state index in [2.05, 4.69) is 35.1 Å². The molecule has 1 amide bonds. The molecule has 0 aliphatic heterocycles. The summed E-state index contributed by atoms with van der Waals surface area (Å²) in [7, 11) is -3.87. The fourth-order valence-electron chi connectivity index (χ4n) is 3.18. The molecule has 0 aromatic carbocycles. The smallest absolute Gasteiger partial charge is 0.326 e. The molecule has 0 spiro atoms. The molecule has 0 saturated carbocycles. The minimum atomic E-state index is -3.87. The molecule has 2 atom stereocenters. The number of nitrogens with zero attached hydrogens (tertiary/aromatic N) is 6. The number of esters is 1. The average Bonchev–Trinajstić information content (AvgIpc) is 3.21. The van der Waals surface area contributed by atoms with Crippen LogP contribution in [0.15, 0.2) is 31.2 Å². The molecule has 3 aromatic heterocycles. The topological polar surface area (TPSA) is 189 Å². The van der Waals surface area contributed by atoms with E-state index in [0.29, 0.717) is 17.7 Å². The van der Waals surface area contributed by atoms with E-state index in [-0.39, 0.29) is 17.6 Å². The summed E-state index contributed by atoms with van der Waals surface area (Å²) in [6.45, 7) is 8.46. The Morgan fingerprint density at radius 1 is 1.17 bits per heavy atom. The quantitative estimate of drug-likeness (QED) is 0.245. The number of nitrogens with one attached hydrogen (secondary N) is 2. The number of nitrogen functional groups attached to an aromatic ring is 1. The zero-order chi connectivity index (χ0) is 26.5. The van der Waals surface area contributed by atoms with E-state index in [1.807, 2.05) is 0 Å². The summed E-state index contributed by atoms with van der Waals surface area (Å²) in [6.07, 6.45) is 5.55. The summed E-state index contributed by atoms with van der Waals surface area (Å²) in [5, 5.41) is 5.19. The summed E-state index contributed by atoms with van der Waals surface area (Å²) in [6, 6.07) is 0. The predicted octanol–water partition coefficient (Wildman–Crippen LogP) is 1.50. The number of imidazole rings is 1. The van der Waals surface area contributed by atoms with Crippen LogP contribution in [-0.2, 0) is 25.4 Å². The third-order valence-corrected chi connectivity index (χ3v) is 6.81. The Balaban J connectivity index is 1.76. The van der Waals surface area contributed by atoms with Crippen LogP contribution in [0.25, 0.3) is 11.2 Å². The summed E-state index contributed by atoms with van der Waals surface area (Å²) in [4.78, 5) is 45.4. The first-order valence-electron chi connectivity index (χ1n) is 11.1. The third-order valence-electron chi connectivity index (χ3n) is 4.82. The Bertz CT molecular complexity index is 1270. The lowest BCUT2D eigenvalue weighted by Gasteiger charge is -2.31. The van der Waals surface area contributed by atoms with Crippen molar-refractivity contribution < 1.29 is 23.6 Å². The molecule has 3 rings (SSSR count). The van der Waals surface area contributed by atoms with Crippen LogP contribution in [0, 0.1) is 0 Å². The minimum Gasteiger partial charge on any atom is -0.462 e. The number of carbonyl (C=O) groups is 2. The second-order valence-electron chi connectivity index (χ2n) is 8.90. The van der Waals surface area contributed by atoms with Gasteiger partial charge in [0.05, 0.1) is 31.3 Å². The Kier molecular flexibility index (Phi) is 8.33. The molecule has 14 nitrogen and oxygen atoms in total. The van der Waals surface area contributed by atoms with Gasteiger partial charge in [-0.15, -0.1) is 0 Å². The second-order valence-corrected chi connectivity index (χ2v) is 11.1.